The lowest BCUT2D eigenvalue weighted by atomic mass is 10.6. The summed E-state index contributed by atoms with van der Waals surface area (Å²) in [7, 11) is 0. The first-order chi connectivity index (χ1) is 7.65. The van der Waals surface area contributed by atoms with Crippen LogP contribution in [0, 0.1) is 0 Å². The van der Waals surface area contributed by atoms with E-state index >= 15 is 0 Å². The third-order valence-electron chi connectivity index (χ3n) is 0.348. The van der Waals surface area contributed by atoms with Crippen molar-refractivity contribution in [1.29, 1.82) is 0 Å². The second-order valence-electron chi connectivity index (χ2n) is 3.06. The van der Waals surface area contributed by atoms with E-state index in [1.54, 1.807) is 13.8 Å². The van der Waals surface area contributed by atoms with Crippen LogP contribution in [-0.4, -0.2) is 35.9 Å². The van der Waals surface area contributed by atoms with Gasteiger partial charge < -0.3 is 19.4 Å². The molecule has 0 amide bonds. The first kappa shape index (κ1) is 24.8. The Bertz CT molecular complexity index is 167. The topological polar surface area (TPSA) is 80.7 Å². The van der Waals surface area contributed by atoms with Gasteiger partial charge in [0.05, 0.1) is 6.61 Å². The van der Waals surface area contributed by atoms with Crippen molar-refractivity contribution in [3.05, 3.63) is 0 Å². The van der Waals surface area contributed by atoms with Crippen molar-refractivity contribution in [2.75, 3.05) is 13.2 Å². The molecule has 0 aliphatic rings. The molecular formula is C12H26O5. The van der Waals surface area contributed by atoms with Crippen LogP contribution < -0.4 is 0 Å². The summed E-state index contributed by atoms with van der Waals surface area (Å²) >= 11 is 0. The second kappa shape index (κ2) is 24.1. The molecule has 0 bridgehead atoms. The highest BCUT2D eigenvalue weighted by atomic mass is 16.5. The number of ketones is 2. The van der Waals surface area contributed by atoms with E-state index in [0.717, 1.165) is 0 Å². The number of hydrogen-bond acceptors (Lipinski definition) is 5. The van der Waals surface area contributed by atoms with Crippen molar-refractivity contribution in [2.45, 2.75) is 48.5 Å². The maximum Gasteiger partial charge on any atom is 0.302 e. The Balaban J connectivity index is -0.0000000688. The fourth-order valence-corrected chi connectivity index (χ4v) is 0.203. The van der Waals surface area contributed by atoms with Gasteiger partial charge in [-0.05, 0) is 41.5 Å². The molecule has 0 aromatic rings. The van der Waals surface area contributed by atoms with Gasteiger partial charge >= 0.3 is 5.97 Å². The summed E-state index contributed by atoms with van der Waals surface area (Å²) in [5.74, 6) is 0.123. The highest BCUT2D eigenvalue weighted by Crippen LogP contribution is 1.69. The SMILES string of the molecule is CC(C)=O.CC(C)=O.CCO.CCOC(C)=O. The molecule has 0 aliphatic carbocycles. The fourth-order valence-electron chi connectivity index (χ4n) is 0.203. The molecule has 0 fully saturated rings. The van der Waals surface area contributed by atoms with Crippen molar-refractivity contribution in [3.63, 3.8) is 0 Å². The Hall–Kier alpha value is -1.23. The number of carbonyl (C=O) groups excluding carboxylic acids is 3. The maximum absolute atomic E-state index is 9.82. The number of rotatable bonds is 1. The Morgan fingerprint density at radius 1 is 0.882 bits per heavy atom. The van der Waals surface area contributed by atoms with Crippen LogP contribution in [0.25, 0.3) is 0 Å². The van der Waals surface area contributed by atoms with Crippen LogP contribution in [0.4, 0.5) is 0 Å². The first-order valence-electron chi connectivity index (χ1n) is 5.34. The van der Waals surface area contributed by atoms with Gasteiger partial charge in [-0.1, -0.05) is 0 Å². The predicted molar refractivity (Wildman–Crippen MR) is 67.8 cm³/mol. The van der Waals surface area contributed by atoms with Gasteiger partial charge in [0.25, 0.3) is 0 Å². The minimum absolute atomic E-state index is 0.167. The third-order valence-corrected chi connectivity index (χ3v) is 0.348. The van der Waals surface area contributed by atoms with Crippen molar-refractivity contribution < 1.29 is 24.2 Å². The molecule has 0 heterocycles. The summed E-state index contributed by atoms with van der Waals surface area (Å²) in [6.45, 7) is 11.7. The van der Waals surface area contributed by atoms with Crippen LogP contribution >= 0.6 is 0 Å². The van der Waals surface area contributed by atoms with E-state index in [1.807, 2.05) is 0 Å². The molecule has 0 aromatic carbocycles. The minimum atomic E-state index is -0.211. The van der Waals surface area contributed by atoms with E-state index in [-0.39, 0.29) is 24.1 Å². The van der Waals surface area contributed by atoms with Crippen molar-refractivity contribution >= 4 is 17.5 Å². The largest absolute Gasteiger partial charge is 0.466 e. The smallest absolute Gasteiger partial charge is 0.302 e. The van der Waals surface area contributed by atoms with Gasteiger partial charge in [-0.15, -0.1) is 0 Å². The summed E-state index contributed by atoms with van der Waals surface area (Å²) in [6.07, 6.45) is 0. The van der Waals surface area contributed by atoms with Crippen LogP contribution in [0.2, 0.25) is 0 Å². The molecule has 1 N–H and O–H groups in total. The van der Waals surface area contributed by atoms with E-state index in [9.17, 15) is 14.4 Å². The van der Waals surface area contributed by atoms with Crippen molar-refractivity contribution in [1.82, 2.24) is 0 Å². The monoisotopic (exact) mass is 250 g/mol. The molecule has 0 atom stereocenters. The number of aliphatic hydroxyl groups excluding tert-OH is 1. The van der Waals surface area contributed by atoms with Crippen LogP contribution in [0.1, 0.15) is 48.5 Å². The molecule has 0 spiro atoms. The molecule has 0 saturated heterocycles. The number of hydrogen-bond donors (Lipinski definition) is 1. The molecular weight excluding hydrogens is 224 g/mol. The zero-order valence-corrected chi connectivity index (χ0v) is 12.0. The van der Waals surface area contributed by atoms with E-state index in [2.05, 4.69) is 4.74 Å². The molecule has 0 radical (unpaired) electrons. The predicted octanol–water partition coefficient (Wildman–Crippen LogP) is 1.76. The molecule has 17 heavy (non-hydrogen) atoms. The van der Waals surface area contributed by atoms with Gasteiger partial charge in [0.15, 0.2) is 0 Å². The van der Waals surface area contributed by atoms with Crippen molar-refractivity contribution in [2.24, 2.45) is 0 Å². The number of Topliss-reactive ketones (excluding diaryl/α,β-unsaturated/α-hetero) is 2. The number of ether oxygens (including phenoxy) is 1. The number of esters is 1. The Morgan fingerprint density at radius 3 is 1.06 bits per heavy atom. The molecule has 5 nitrogen and oxygen atoms in total. The molecule has 0 rings (SSSR count). The van der Waals surface area contributed by atoms with E-state index < -0.39 is 0 Å². The fraction of sp³-hybridized carbons (Fsp3) is 0.750. The van der Waals surface area contributed by atoms with Gasteiger partial charge in [-0.25, -0.2) is 0 Å². The lowest BCUT2D eigenvalue weighted by Gasteiger charge is -1.89. The van der Waals surface area contributed by atoms with E-state index in [0.29, 0.717) is 6.61 Å². The minimum Gasteiger partial charge on any atom is -0.466 e. The van der Waals surface area contributed by atoms with Gasteiger partial charge in [0.2, 0.25) is 0 Å². The Labute approximate surface area is 104 Å². The Kier molecular flexibility index (Phi) is 35.3. The average Bonchev–Trinajstić information content (AvgIpc) is 2.01. The van der Waals surface area contributed by atoms with Crippen LogP contribution in [0.3, 0.4) is 0 Å². The summed E-state index contributed by atoms with van der Waals surface area (Å²) < 4.78 is 4.40. The highest BCUT2D eigenvalue weighted by Gasteiger charge is 1.81. The average molecular weight is 250 g/mol. The molecule has 5 heteroatoms. The Morgan fingerprint density at radius 2 is 1.06 bits per heavy atom. The summed E-state index contributed by atoms with van der Waals surface area (Å²) in [5, 5.41) is 7.57. The molecule has 0 unspecified atom stereocenters. The zero-order valence-electron chi connectivity index (χ0n) is 12.0. The van der Waals surface area contributed by atoms with Crippen LogP contribution in [0.5, 0.6) is 0 Å². The molecule has 0 saturated carbocycles. The summed E-state index contributed by atoms with van der Waals surface area (Å²) in [6, 6.07) is 0. The normalized spacial score (nSPS) is 6.82. The maximum atomic E-state index is 9.82. The van der Waals surface area contributed by atoms with Gasteiger partial charge in [0, 0.05) is 13.5 Å². The number of carbonyl (C=O) groups is 3. The number of aliphatic hydroxyl groups is 1. The molecule has 0 aliphatic heterocycles. The molecule has 104 valence electrons. The second-order valence-corrected chi connectivity index (χ2v) is 3.06. The highest BCUT2D eigenvalue weighted by molar-refractivity contribution is 5.72. The molecule has 0 aromatic heterocycles. The third kappa shape index (κ3) is 769. The van der Waals surface area contributed by atoms with Crippen LogP contribution in [-0.2, 0) is 19.1 Å². The van der Waals surface area contributed by atoms with Gasteiger partial charge in [0.1, 0.15) is 11.6 Å². The summed E-state index contributed by atoms with van der Waals surface area (Å²) in [5.41, 5.74) is 0. The lowest BCUT2D eigenvalue weighted by Crippen LogP contribution is -1.95. The standard InChI is InChI=1S/C4H8O2.2C3H6O.C2H6O/c1-3-6-4(2)5;2*1-3(2)4;1-2-3/h3H2,1-2H3;2*1-2H3;3H,2H2,1H3. The van der Waals surface area contributed by atoms with E-state index in [4.69, 9.17) is 5.11 Å². The van der Waals surface area contributed by atoms with Crippen molar-refractivity contribution in [3.8, 4) is 0 Å². The van der Waals surface area contributed by atoms with E-state index in [1.165, 1.54) is 34.6 Å². The lowest BCUT2D eigenvalue weighted by molar-refractivity contribution is -0.140. The zero-order chi connectivity index (χ0) is 14.9. The van der Waals surface area contributed by atoms with Gasteiger partial charge in [-0.2, -0.15) is 0 Å². The summed E-state index contributed by atoms with van der Waals surface area (Å²) in [4.78, 5) is 28.7. The quantitative estimate of drug-likeness (QED) is 0.717. The first-order valence-corrected chi connectivity index (χ1v) is 5.34. The van der Waals surface area contributed by atoms with Crippen LogP contribution in [0.15, 0.2) is 0 Å². The van der Waals surface area contributed by atoms with Gasteiger partial charge in [-0.3, -0.25) is 4.79 Å².